The predicted molar refractivity (Wildman–Crippen MR) is 238 cm³/mol. The van der Waals surface area contributed by atoms with E-state index in [1.54, 1.807) is 54.6 Å². The summed E-state index contributed by atoms with van der Waals surface area (Å²) in [6.07, 6.45) is 0. The topological polar surface area (TPSA) is 312 Å². The van der Waals surface area contributed by atoms with Crippen molar-refractivity contribution >= 4 is 79.4 Å². The number of benzene rings is 6. The number of azide groups is 2. The maximum Gasteiger partial charge on any atom is 0.264 e. The molecule has 6 aromatic rings. The van der Waals surface area contributed by atoms with E-state index < -0.39 is 30.1 Å². The van der Waals surface area contributed by atoms with Crippen LogP contribution in [0, 0.1) is 0 Å². The molecule has 0 saturated heterocycles. The van der Waals surface area contributed by atoms with Crippen LogP contribution in [0.1, 0.15) is 0 Å². The second-order valence-corrected chi connectivity index (χ2v) is 17.2. The fourth-order valence-corrected chi connectivity index (χ4v) is 8.57. The van der Waals surface area contributed by atoms with E-state index in [4.69, 9.17) is 21.9 Å². The van der Waals surface area contributed by atoms with Gasteiger partial charge >= 0.3 is 0 Å². The standard InChI is InChI=1S/C13H15N5O2S.C13H17N3O2S.C12H13N5O2S/c1-15-8-9-16-12-6-2-5-11-10(12)4-3-7-13(11)21(19,20)18-17-14;1-15-8-9-16-12-6-2-5-11-10(12)4-3-7-13(11)19(14,17)18;13-7-8-15-11-5-1-4-10-9(11)3-2-6-12(10)20(18,19)17-16-14/h2-7,15-16H,8-9H2,1H3;2-7,15-16H,8-9H2,1H3,(H2,14,17,18);1-6,15H,7-8,13H2. The smallest absolute Gasteiger partial charge is 0.264 e. The molecule has 0 amide bonds. The molecule has 0 bridgehead atoms. The first kappa shape index (κ1) is 46.5. The molecule has 0 aliphatic heterocycles. The summed E-state index contributed by atoms with van der Waals surface area (Å²) in [7, 11) is -8.01. The normalized spacial score (nSPS) is 11.3. The number of nitrogens with one attached hydrogen (secondary N) is 5. The molecule has 0 radical (unpaired) electrons. The van der Waals surface area contributed by atoms with E-state index in [0.717, 1.165) is 52.9 Å². The van der Waals surface area contributed by atoms with Gasteiger partial charge in [-0.1, -0.05) is 72.8 Å². The van der Waals surface area contributed by atoms with Crippen LogP contribution in [0.25, 0.3) is 53.2 Å². The highest BCUT2D eigenvalue weighted by Crippen LogP contribution is 2.31. The lowest BCUT2D eigenvalue weighted by atomic mass is 10.1. The van der Waals surface area contributed by atoms with Crippen LogP contribution < -0.4 is 37.5 Å². The summed E-state index contributed by atoms with van der Waals surface area (Å²) < 4.78 is 76.7. The van der Waals surface area contributed by atoms with Crippen molar-refractivity contribution in [1.29, 1.82) is 0 Å². The van der Waals surface area contributed by atoms with E-state index >= 15 is 0 Å². The Bertz CT molecular complexity index is 2890. The highest BCUT2D eigenvalue weighted by atomic mass is 32.2. The fraction of sp³-hybridized carbons (Fsp3) is 0.211. The van der Waals surface area contributed by atoms with Gasteiger partial charge in [0.2, 0.25) is 10.0 Å². The Labute approximate surface area is 348 Å². The number of rotatable bonds is 16. The van der Waals surface area contributed by atoms with E-state index in [9.17, 15) is 25.3 Å². The van der Waals surface area contributed by atoms with Gasteiger partial charge in [-0.2, -0.15) is 0 Å². The minimum Gasteiger partial charge on any atom is -0.383 e. The first-order valence-electron chi connectivity index (χ1n) is 18.2. The Morgan fingerprint density at radius 3 is 1.13 bits per heavy atom. The molecule has 0 aromatic heterocycles. The molecule has 60 heavy (non-hydrogen) atoms. The number of hydrogen-bond donors (Lipinski definition) is 7. The van der Waals surface area contributed by atoms with Crippen molar-refractivity contribution in [2.75, 3.05) is 69.3 Å². The molecular formula is C38H45N13O6S3. The van der Waals surface area contributed by atoms with E-state index in [1.165, 1.54) is 18.2 Å². The van der Waals surface area contributed by atoms with Crippen LogP contribution in [0.5, 0.6) is 0 Å². The minimum absolute atomic E-state index is 0.00932. The monoisotopic (exact) mass is 875 g/mol. The Kier molecular flexibility index (Phi) is 16.8. The van der Waals surface area contributed by atoms with Gasteiger partial charge in [0.25, 0.3) is 20.0 Å². The SMILES string of the molecule is CNCCNc1cccc2c(S(=O)(=O)N=[N+]=[N-])cccc12.CNCCNc1cccc2c(S(N)(=O)=O)cccc12.[N-]=[N+]=NS(=O)(=O)c1cccc2c(NCCN)cccc12. The van der Waals surface area contributed by atoms with Crippen molar-refractivity contribution in [3.05, 3.63) is 130 Å². The van der Waals surface area contributed by atoms with Crippen molar-refractivity contribution < 1.29 is 25.3 Å². The summed E-state index contributed by atoms with van der Waals surface area (Å²) in [6, 6.07) is 30.9. The molecule has 9 N–H and O–H groups in total. The molecule has 0 atom stereocenters. The molecule has 0 heterocycles. The van der Waals surface area contributed by atoms with Gasteiger partial charge in [-0.25, -0.2) is 30.4 Å². The van der Waals surface area contributed by atoms with Crippen LogP contribution in [0.15, 0.2) is 133 Å². The lowest BCUT2D eigenvalue weighted by Gasteiger charge is -2.11. The number of fused-ring (bicyclic) bond motifs is 3. The van der Waals surface area contributed by atoms with E-state index in [-0.39, 0.29) is 14.7 Å². The molecule has 6 aromatic carbocycles. The van der Waals surface area contributed by atoms with Gasteiger partial charge in [-0.3, -0.25) is 0 Å². The van der Waals surface area contributed by atoms with Crippen LogP contribution in [-0.2, 0) is 30.1 Å². The van der Waals surface area contributed by atoms with Crippen molar-refractivity contribution in [1.82, 2.24) is 10.6 Å². The summed E-state index contributed by atoms with van der Waals surface area (Å²) in [6.45, 7) is 4.12. The number of sulfonamides is 3. The summed E-state index contributed by atoms with van der Waals surface area (Å²) in [5.41, 5.74) is 24.7. The van der Waals surface area contributed by atoms with E-state index in [1.807, 2.05) is 50.5 Å². The zero-order valence-corrected chi connectivity index (χ0v) is 35.1. The predicted octanol–water partition coefficient (Wildman–Crippen LogP) is 5.80. The first-order chi connectivity index (χ1) is 28.7. The van der Waals surface area contributed by atoms with Crippen molar-refractivity contribution in [2.24, 2.45) is 19.9 Å². The lowest BCUT2D eigenvalue weighted by molar-refractivity contribution is 0.596. The molecule has 0 spiro atoms. The molecule has 0 unspecified atom stereocenters. The van der Waals surface area contributed by atoms with Gasteiger partial charge in [-0.15, -0.1) is 0 Å². The summed E-state index contributed by atoms with van der Waals surface area (Å²) >= 11 is 0. The molecule has 0 aliphatic carbocycles. The Hall–Kier alpha value is -6.19. The Morgan fingerprint density at radius 2 is 0.800 bits per heavy atom. The maximum absolute atomic E-state index is 12.0. The summed E-state index contributed by atoms with van der Waals surface area (Å²) in [5.74, 6) is 0. The van der Waals surface area contributed by atoms with Gasteiger partial charge in [0.05, 0.1) is 14.7 Å². The molecule has 0 fully saturated rings. The zero-order chi connectivity index (χ0) is 43.8. The number of likely N-dealkylation sites (N-methyl/N-ethyl adjacent to an activating group) is 2. The van der Waals surface area contributed by atoms with Crippen molar-refractivity contribution in [2.45, 2.75) is 14.7 Å². The van der Waals surface area contributed by atoms with Crippen molar-refractivity contribution in [3.63, 3.8) is 0 Å². The van der Waals surface area contributed by atoms with Crippen LogP contribution in [-0.4, -0.2) is 78.6 Å². The minimum atomic E-state index is -4.02. The van der Waals surface area contributed by atoms with E-state index in [0.29, 0.717) is 35.8 Å². The van der Waals surface area contributed by atoms with Gasteiger partial charge in [0, 0.05) is 108 Å². The molecular weight excluding hydrogens is 831 g/mol. The summed E-state index contributed by atoms with van der Waals surface area (Å²) in [4.78, 5) is 4.91. The second-order valence-electron chi connectivity index (χ2n) is 12.6. The average molecular weight is 876 g/mol. The summed E-state index contributed by atoms with van der Waals surface area (Å²) in [5, 5.41) is 25.0. The van der Waals surface area contributed by atoms with Gasteiger partial charge in [0.15, 0.2) is 0 Å². The number of hydrogen-bond acceptors (Lipinski definition) is 12. The second kappa shape index (κ2) is 21.7. The van der Waals surface area contributed by atoms with Gasteiger partial charge < -0.3 is 32.3 Å². The van der Waals surface area contributed by atoms with Gasteiger partial charge in [0.1, 0.15) is 0 Å². The van der Waals surface area contributed by atoms with Crippen LogP contribution in [0.3, 0.4) is 0 Å². The largest absolute Gasteiger partial charge is 0.383 e. The number of primary sulfonamides is 1. The van der Waals surface area contributed by atoms with Crippen LogP contribution in [0.2, 0.25) is 0 Å². The molecule has 316 valence electrons. The zero-order valence-electron chi connectivity index (χ0n) is 32.6. The quantitative estimate of drug-likeness (QED) is 0.0263. The molecule has 0 saturated carbocycles. The molecule has 6 rings (SSSR count). The van der Waals surface area contributed by atoms with Gasteiger partial charge in [-0.05, 0) is 61.6 Å². The average Bonchev–Trinajstić information content (AvgIpc) is 3.22. The highest BCUT2D eigenvalue weighted by molar-refractivity contribution is 7.90. The van der Waals surface area contributed by atoms with Crippen molar-refractivity contribution in [3.8, 4) is 0 Å². The Morgan fingerprint density at radius 1 is 0.483 bits per heavy atom. The van der Waals surface area contributed by atoms with Crippen LogP contribution in [0.4, 0.5) is 17.1 Å². The third-order valence-corrected chi connectivity index (χ3v) is 12.0. The fourth-order valence-electron chi connectivity index (χ4n) is 6.04. The molecule has 22 heteroatoms. The third kappa shape index (κ3) is 11.9. The number of nitrogens with two attached hydrogens (primary N) is 2. The lowest BCUT2D eigenvalue weighted by Crippen LogP contribution is -2.18. The third-order valence-electron chi connectivity index (χ3n) is 8.64. The number of nitrogens with zero attached hydrogens (tertiary/aromatic N) is 6. The molecule has 0 aliphatic rings. The molecule has 19 nitrogen and oxygen atoms in total. The maximum atomic E-state index is 12.0. The van der Waals surface area contributed by atoms with Crippen LogP contribution >= 0.6 is 0 Å². The highest BCUT2D eigenvalue weighted by Gasteiger charge is 2.18. The first-order valence-corrected chi connectivity index (χ1v) is 22.6. The Balaban J connectivity index is 0.000000199. The van der Waals surface area contributed by atoms with E-state index in [2.05, 4.69) is 45.4 Å². The number of anilines is 3.